The molecule has 1 aromatic heterocycles. The van der Waals surface area contributed by atoms with E-state index < -0.39 is 10.1 Å². The molecule has 7 heteroatoms. The van der Waals surface area contributed by atoms with Crippen LogP contribution in [0.2, 0.25) is 0 Å². The summed E-state index contributed by atoms with van der Waals surface area (Å²) in [5.41, 5.74) is 1.94. The van der Waals surface area contributed by atoms with Gasteiger partial charge < -0.3 is 4.18 Å². The lowest BCUT2D eigenvalue weighted by atomic mass is 10.0. The molecule has 1 heterocycles. The molecule has 0 spiro atoms. The van der Waals surface area contributed by atoms with Crippen molar-refractivity contribution in [3.63, 3.8) is 0 Å². The largest absolute Gasteiger partial charge is 0.357 e. The zero-order chi connectivity index (χ0) is 19.6. The SMILES string of the molecule is Cc1ccc(S(=O)(=O)Oc2nc(C)ccc2C(=O)c2cccc(Br)c2)cc1. The number of hydrogen-bond donors (Lipinski definition) is 0. The van der Waals surface area contributed by atoms with Crippen molar-refractivity contribution >= 4 is 31.8 Å². The number of halogens is 1. The van der Waals surface area contributed by atoms with Gasteiger partial charge in [-0.15, -0.1) is 0 Å². The molecule has 27 heavy (non-hydrogen) atoms. The number of hydrogen-bond acceptors (Lipinski definition) is 5. The molecule has 0 fully saturated rings. The fraction of sp³-hybridized carbons (Fsp3) is 0.100. The summed E-state index contributed by atoms with van der Waals surface area (Å²) in [6.07, 6.45) is 0. The topological polar surface area (TPSA) is 73.3 Å². The minimum atomic E-state index is -4.12. The number of ketones is 1. The summed E-state index contributed by atoms with van der Waals surface area (Å²) < 4.78 is 31.2. The van der Waals surface area contributed by atoms with E-state index in [1.165, 1.54) is 18.2 Å². The monoisotopic (exact) mass is 445 g/mol. The number of carbonyl (C=O) groups is 1. The zero-order valence-electron chi connectivity index (χ0n) is 14.6. The van der Waals surface area contributed by atoms with E-state index in [-0.39, 0.29) is 22.1 Å². The summed E-state index contributed by atoms with van der Waals surface area (Å²) >= 11 is 3.32. The molecule has 0 radical (unpaired) electrons. The lowest BCUT2D eigenvalue weighted by Crippen LogP contribution is -2.14. The molecule has 0 aliphatic heterocycles. The quantitative estimate of drug-likeness (QED) is 0.428. The predicted molar refractivity (Wildman–Crippen MR) is 106 cm³/mol. The second-order valence-electron chi connectivity index (χ2n) is 6.00. The second-order valence-corrected chi connectivity index (χ2v) is 8.46. The minimum absolute atomic E-state index is 0.00254. The van der Waals surface area contributed by atoms with Crippen LogP contribution < -0.4 is 4.18 Å². The standard InChI is InChI=1S/C20H16BrNO4S/c1-13-6-9-17(10-7-13)27(24,25)26-20-18(11-8-14(2)22-20)19(23)15-4-3-5-16(21)12-15/h3-12H,1-2H3. The molecule has 0 N–H and O–H groups in total. The number of carbonyl (C=O) groups excluding carboxylic acids is 1. The van der Waals surface area contributed by atoms with Crippen LogP contribution in [0.4, 0.5) is 0 Å². The number of rotatable bonds is 5. The Hall–Kier alpha value is -2.51. The second kappa shape index (κ2) is 7.62. The van der Waals surface area contributed by atoms with E-state index in [1.807, 2.05) is 6.92 Å². The van der Waals surface area contributed by atoms with Gasteiger partial charge in [0.05, 0.1) is 5.56 Å². The summed E-state index contributed by atoms with van der Waals surface area (Å²) in [6.45, 7) is 3.55. The van der Waals surface area contributed by atoms with Crippen LogP contribution in [-0.4, -0.2) is 19.2 Å². The van der Waals surface area contributed by atoms with Crippen molar-refractivity contribution in [1.82, 2.24) is 4.98 Å². The Morgan fingerprint density at radius 2 is 1.70 bits per heavy atom. The Kier molecular flexibility index (Phi) is 5.43. The highest BCUT2D eigenvalue weighted by molar-refractivity contribution is 9.10. The Labute approximate surface area is 166 Å². The van der Waals surface area contributed by atoms with E-state index in [0.717, 1.165) is 10.0 Å². The molecule has 0 saturated carbocycles. The van der Waals surface area contributed by atoms with Gasteiger partial charge in [0, 0.05) is 15.7 Å². The molecule has 5 nitrogen and oxygen atoms in total. The third kappa shape index (κ3) is 4.43. The molecule has 0 bridgehead atoms. The lowest BCUT2D eigenvalue weighted by molar-refractivity contribution is 0.103. The maximum atomic E-state index is 12.9. The molecule has 3 aromatic rings. The first-order chi connectivity index (χ1) is 12.8. The highest BCUT2D eigenvalue weighted by Gasteiger charge is 2.23. The van der Waals surface area contributed by atoms with Crippen LogP contribution in [0.25, 0.3) is 0 Å². The molecular weight excluding hydrogens is 430 g/mol. The molecule has 0 amide bonds. The summed E-state index contributed by atoms with van der Waals surface area (Å²) in [6, 6.07) is 16.2. The van der Waals surface area contributed by atoms with E-state index in [4.69, 9.17) is 4.18 Å². The average molecular weight is 446 g/mol. The van der Waals surface area contributed by atoms with Crippen LogP contribution in [0.1, 0.15) is 27.2 Å². The fourth-order valence-corrected chi connectivity index (χ4v) is 3.71. The van der Waals surface area contributed by atoms with E-state index in [2.05, 4.69) is 20.9 Å². The number of pyridine rings is 1. The summed E-state index contributed by atoms with van der Waals surface area (Å²) in [5, 5.41) is 0. The van der Waals surface area contributed by atoms with E-state index in [0.29, 0.717) is 11.3 Å². The third-order valence-corrected chi connectivity index (χ3v) is 5.55. The van der Waals surface area contributed by atoms with Gasteiger partial charge in [-0.1, -0.05) is 45.8 Å². The molecule has 2 aromatic carbocycles. The fourth-order valence-electron chi connectivity index (χ4n) is 2.41. The van der Waals surface area contributed by atoms with Gasteiger partial charge in [-0.05, 0) is 50.2 Å². The molecule has 3 rings (SSSR count). The summed E-state index contributed by atoms with van der Waals surface area (Å²) in [7, 11) is -4.12. The van der Waals surface area contributed by atoms with Crippen LogP contribution in [0.15, 0.2) is 70.0 Å². The normalized spacial score (nSPS) is 11.2. The van der Waals surface area contributed by atoms with Gasteiger partial charge >= 0.3 is 10.1 Å². The molecular formula is C20H16BrNO4S. The van der Waals surface area contributed by atoms with Gasteiger partial charge in [0.25, 0.3) is 0 Å². The van der Waals surface area contributed by atoms with Crippen LogP contribution in [0, 0.1) is 13.8 Å². The van der Waals surface area contributed by atoms with Crippen LogP contribution >= 0.6 is 15.9 Å². The average Bonchev–Trinajstić information content (AvgIpc) is 2.61. The van der Waals surface area contributed by atoms with Crippen LogP contribution in [-0.2, 0) is 10.1 Å². The van der Waals surface area contributed by atoms with Gasteiger partial charge in [-0.3, -0.25) is 4.79 Å². The van der Waals surface area contributed by atoms with Gasteiger partial charge in [-0.25, -0.2) is 4.98 Å². The molecule has 0 aliphatic carbocycles. The van der Waals surface area contributed by atoms with Crippen molar-refractivity contribution in [2.24, 2.45) is 0 Å². The van der Waals surface area contributed by atoms with Crippen molar-refractivity contribution in [3.8, 4) is 5.88 Å². The summed E-state index contributed by atoms with van der Waals surface area (Å²) in [4.78, 5) is 17.0. The first-order valence-corrected chi connectivity index (χ1v) is 10.3. The number of aryl methyl sites for hydroxylation is 2. The Morgan fingerprint density at radius 3 is 2.37 bits per heavy atom. The number of nitrogens with zero attached hydrogens (tertiary/aromatic N) is 1. The van der Waals surface area contributed by atoms with E-state index in [1.54, 1.807) is 49.4 Å². The lowest BCUT2D eigenvalue weighted by Gasteiger charge is -2.11. The van der Waals surface area contributed by atoms with Crippen molar-refractivity contribution < 1.29 is 17.4 Å². The first kappa shape index (κ1) is 19.3. The van der Waals surface area contributed by atoms with Gasteiger partial charge in [0.1, 0.15) is 4.90 Å². The Morgan fingerprint density at radius 1 is 1.00 bits per heavy atom. The molecule has 0 aliphatic rings. The van der Waals surface area contributed by atoms with Crippen molar-refractivity contribution in [3.05, 3.63) is 87.5 Å². The predicted octanol–water partition coefficient (Wildman–Crippen LogP) is 4.46. The maximum absolute atomic E-state index is 12.9. The molecule has 0 atom stereocenters. The number of aromatic nitrogens is 1. The van der Waals surface area contributed by atoms with Gasteiger partial charge in [0.2, 0.25) is 5.88 Å². The Balaban J connectivity index is 2.02. The highest BCUT2D eigenvalue weighted by atomic mass is 79.9. The van der Waals surface area contributed by atoms with Gasteiger partial charge in [-0.2, -0.15) is 8.42 Å². The van der Waals surface area contributed by atoms with Crippen LogP contribution in [0.5, 0.6) is 5.88 Å². The van der Waals surface area contributed by atoms with E-state index >= 15 is 0 Å². The number of benzene rings is 2. The molecule has 138 valence electrons. The molecule has 0 unspecified atom stereocenters. The molecule has 0 saturated heterocycles. The maximum Gasteiger partial charge on any atom is 0.340 e. The van der Waals surface area contributed by atoms with Crippen molar-refractivity contribution in [2.45, 2.75) is 18.7 Å². The first-order valence-electron chi connectivity index (χ1n) is 8.05. The summed E-state index contributed by atoms with van der Waals surface area (Å²) in [5.74, 6) is -0.613. The zero-order valence-corrected chi connectivity index (χ0v) is 17.0. The smallest absolute Gasteiger partial charge is 0.340 e. The highest BCUT2D eigenvalue weighted by Crippen LogP contribution is 2.25. The van der Waals surface area contributed by atoms with Crippen LogP contribution in [0.3, 0.4) is 0 Å². The minimum Gasteiger partial charge on any atom is -0.357 e. The van der Waals surface area contributed by atoms with E-state index in [9.17, 15) is 13.2 Å². The van der Waals surface area contributed by atoms with Crippen molar-refractivity contribution in [1.29, 1.82) is 0 Å². The third-order valence-electron chi connectivity index (χ3n) is 3.83. The Bertz CT molecular complexity index is 1110. The van der Waals surface area contributed by atoms with Crippen molar-refractivity contribution in [2.75, 3.05) is 0 Å². The van der Waals surface area contributed by atoms with Gasteiger partial charge in [0.15, 0.2) is 5.78 Å².